The number of carbonyl (C=O) groups is 1. The van der Waals surface area contributed by atoms with Gasteiger partial charge in [0, 0.05) is 17.6 Å². The van der Waals surface area contributed by atoms with Gasteiger partial charge in [-0.15, -0.1) is 0 Å². The molecule has 3 rings (SSSR count). The standard InChI is InChI=1S/C16H20O3S/c1-2-19-14(18)4-3-7-20-16-13-9-10-8-11(17)5-6-12(10)15(13)16/h5-6,8,13,15-17H,2-4,7,9H2,1H3. The highest BCUT2D eigenvalue weighted by Crippen LogP contribution is 2.62. The number of carbonyl (C=O) groups excluding carboxylic acids is 1. The molecule has 1 fully saturated rings. The lowest BCUT2D eigenvalue weighted by molar-refractivity contribution is -0.143. The summed E-state index contributed by atoms with van der Waals surface area (Å²) in [5, 5.41) is 10.2. The lowest BCUT2D eigenvalue weighted by Crippen LogP contribution is -2.04. The van der Waals surface area contributed by atoms with E-state index in [-0.39, 0.29) is 5.97 Å². The molecular weight excluding hydrogens is 272 g/mol. The Balaban J connectivity index is 1.43. The van der Waals surface area contributed by atoms with Crippen LogP contribution in [0.2, 0.25) is 0 Å². The van der Waals surface area contributed by atoms with E-state index in [2.05, 4.69) is 6.07 Å². The van der Waals surface area contributed by atoms with Gasteiger partial charge in [-0.05, 0) is 54.7 Å². The summed E-state index contributed by atoms with van der Waals surface area (Å²) in [5.74, 6) is 2.76. The second kappa shape index (κ2) is 5.68. The minimum Gasteiger partial charge on any atom is -0.508 e. The first kappa shape index (κ1) is 13.8. The Morgan fingerprint density at radius 1 is 1.50 bits per heavy atom. The summed E-state index contributed by atoms with van der Waals surface area (Å²) in [6.45, 7) is 2.32. The van der Waals surface area contributed by atoms with E-state index in [1.165, 1.54) is 11.1 Å². The van der Waals surface area contributed by atoms with E-state index >= 15 is 0 Å². The monoisotopic (exact) mass is 292 g/mol. The highest BCUT2D eigenvalue weighted by atomic mass is 32.2. The first-order valence-electron chi connectivity index (χ1n) is 7.29. The lowest BCUT2D eigenvalue weighted by Gasteiger charge is -2.08. The number of ether oxygens (including phenoxy) is 1. The highest BCUT2D eigenvalue weighted by Gasteiger charge is 2.55. The Kier molecular flexibility index (Phi) is 3.92. The van der Waals surface area contributed by atoms with Crippen LogP contribution in [0.1, 0.15) is 36.8 Å². The molecule has 1 saturated carbocycles. The van der Waals surface area contributed by atoms with Crippen LogP contribution in [-0.4, -0.2) is 28.7 Å². The third kappa shape index (κ3) is 2.66. The first-order chi connectivity index (χ1) is 9.70. The van der Waals surface area contributed by atoms with Crippen molar-refractivity contribution in [3.05, 3.63) is 29.3 Å². The largest absolute Gasteiger partial charge is 0.508 e. The Morgan fingerprint density at radius 3 is 3.15 bits per heavy atom. The highest BCUT2D eigenvalue weighted by molar-refractivity contribution is 8.00. The maximum absolute atomic E-state index is 11.2. The van der Waals surface area contributed by atoms with Crippen molar-refractivity contribution in [3.8, 4) is 5.75 Å². The van der Waals surface area contributed by atoms with Gasteiger partial charge in [0.25, 0.3) is 0 Å². The summed E-state index contributed by atoms with van der Waals surface area (Å²) in [6, 6.07) is 5.78. The van der Waals surface area contributed by atoms with Crippen LogP contribution in [0.25, 0.3) is 0 Å². The Hall–Kier alpha value is -1.16. The van der Waals surface area contributed by atoms with Crippen molar-refractivity contribution < 1.29 is 14.6 Å². The zero-order valence-electron chi connectivity index (χ0n) is 11.7. The number of phenols is 1. The van der Waals surface area contributed by atoms with Crippen LogP contribution >= 0.6 is 11.8 Å². The van der Waals surface area contributed by atoms with Gasteiger partial charge in [0.1, 0.15) is 5.75 Å². The third-order valence-corrected chi connectivity index (χ3v) is 5.73. The molecule has 2 aliphatic carbocycles. The van der Waals surface area contributed by atoms with E-state index in [1.807, 2.05) is 24.8 Å². The van der Waals surface area contributed by atoms with Crippen molar-refractivity contribution in [1.82, 2.24) is 0 Å². The number of hydrogen-bond acceptors (Lipinski definition) is 4. The smallest absolute Gasteiger partial charge is 0.305 e. The predicted octanol–water partition coefficient (Wildman–Crippen LogP) is 3.11. The van der Waals surface area contributed by atoms with Gasteiger partial charge in [0.05, 0.1) is 6.61 Å². The van der Waals surface area contributed by atoms with E-state index in [0.717, 1.165) is 24.5 Å². The van der Waals surface area contributed by atoms with E-state index in [0.29, 0.717) is 29.9 Å². The van der Waals surface area contributed by atoms with E-state index < -0.39 is 0 Å². The molecule has 0 heterocycles. The van der Waals surface area contributed by atoms with Crippen LogP contribution in [0.4, 0.5) is 0 Å². The number of phenolic OH excluding ortho intramolecular Hbond substituents is 1. The van der Waals surface area contributed by atoms with Crippen molar-refractivity contribution in [2.24, 2.45) is 5.92 Å². The minimum absolute atomic E-state index is 0.0788. The Morgan fingerprint density at radius 2 is 2.35 bits per heavy atom. The quantitative estimate of drug-likeness (QED) is 0.646. The van der Waals surface area contributed by atoms with Gasteiger partial charge in [-0.25, -0.2) is 0 Å². The van der Waals surface area contributed by atoms with E-state index in [9.17, 15) is 9.90 Å². The van der Waals surface area contributed by atoms with Crippen molar-refractivity contribution in [1.29, 1.82) is 0 Å². The number of rotatable bonds is 6. The van der Waals surface area contributed by atoms with Gasteiger partial charge in [0.15, 0.2) is 0 Å². The Labute approximate surface area is 123 Å². The van der Waals surface area contributed by atoms with Crippen LogP contribution in [0.3, 0.4) is 0 Å². The van der Waals surface area contributed by atoms with Gasteiger partial charge < -0.3 is 9.84 Å². The topological polar surface area (TPSA) is 46.5 Å². The molecule has 1 aromatic rings. The van der Waals surface area contributed by atoms with Crippen LogP contribution in [0, 0.1) is 5.92 Å². The zero-order chi connectivity index (χ0) is 14.1. The van der Waals surface area contributed by atoms with Crippen molar-refractivity contribution in [2.45, 2.75) is 37.4 Å². The first-order valence-corrected chi connectivity index (χ1v) is 8.34. The maximum atomic E-state index is 11.2. The molecule has 0 bridgehead atoms. The van der Waals surface area contributed by atoms with Gasteiger partial charge in [-0.2, -0.15) is 11.8 Å². The van der Waals surface area contributed by atoms with Gasteiger partial charge in [0.2, 0.25) is 0 Å². The molecule has 20 heavy (non-hydrogen) atoms. The van der Waals surface area contributed by atoms with E-state index in [1.54, 1.807) is 6.07 Å². The number of hydrogen-bond donors (Lipinski definition) is 1. The number of aromatic hydroxyl groups is 1. The predicted molar refractivity (Wildman–Crippen MR) is 80.2 cm³/mol. The molecule has 4 heteroatoms. The molecule has 0 amide bonds. The SMILES string of the molecule is CCOC(=O)CCCSC1C2Cc3cc(O)ccc3C21. The molecule has 1 aromatic carbocycles. The fourth-order valence-corrected chi connectivity index (χ4v) is 4.80. The minimum atomic E-state index is -0.0788. The van der Waals surface area contributed by atoms with Gasteiger partial charge >= 0.3 is 5.97 Å². The summed E-state index contributed by atoms with van der Waals surface area (Å²) in [4.78, 5) is 11.2. The number of fused-ring (bicyclic) bond motifs is 3. The van der Waals surface area contributed by atoms with Crippen LogP contribution in [-0.2, 0) is 16.0 Å². The molecule has 0 saturated heterocycles. The fraction of sp³-hybridized carbons (Fsp3) is 0.562. The van der Waals surface area contributed by atoms with Crippen molar-refractivity contribution in [3.63, 3.8) is 0 Å². The molecule has 0 aliphatic heterocycles. The second-order valence-corrected chi connectivity index (χ2v) is 6.81. The normalized spacial score (nSPS) is 25.9. The molecule has 1 N–H and O–H groups in total. The van der Waals surface area contributed by atoms with E-state index in [4.69, 9.17) is 4.74 Å². The molecule has 108 valence electrons. The summed E-state index contributed by atoms with van der Waals surface area (Å²) in [5.41, 5.74) is 2.75. The zero-order valence-corrected chi connectivity index (χ0v) is 12.5. The van der Waals surface area contributed by atoms with Crippen LogP contribution in [0.5, 0.6) is 5.75 Å². The molecule has 0 radical (unpaired) electrons. The molecule has 2 aliphatic rings. The third-order valence-electron chi connectivity index (χ3n) is 4.18. The fourth-order valence-electron chi connectivity index (χ4n) is 3.24. The summed E-state index contributed by atoms with van der Waals surface area (Å²) >= 11 is 1.99. The van der Waals surface area contributed by atoms with Crippen LogP contribution < -0.4 is 0 Å². The second-order valence-electron chi connectivity index (χ2n) is 5.52. The average molecular weight is 292 g/mol. The molecule has 3 unspecified atom stereocenters. The van der Waals surface area contributed by atoms with Crippen molar-refractivity contribution >= 4 is 17.7 Å². The van der Waals surface area contributed by atoms with Gasteiger partial charge in [-0.3, -0.25) is 4.79 Å². The van der Waals surface area contributed by atoms with Gasteiger partial charge in [-0.1, -0.05) is 6.07 Å². The number of benzene rings is 1. The maximum Gasteiger partial charge on any atom is 0.305 e. The molecule has 0 spiro atoms. The molecule has 3 nitrogen and oxygen atoms in total. The van der Waals surface area contributed by atoms with Crippen molar-refractivity contribution in [2.75, 3.05) is 12.4 Å². The average Bonchev–Trinajstić information content (AvgIpc) is 2.94. The summed E-state index contributed by atoms with van der Waals surface area (Å²) < 4.78 is 4.92. The van der Waals surface area contributed by atoms with Crippen LogP contribution in [0.15, 0.2) is 18.2 Å². The number of esters is 1. The summed E-state index contributed by atoms with van der Waals surface area (Å²) in [6.07, 6.45) is 2.54. The lowest BCUT2D eigenvalue weighted by atomic mass is 10.1. The molecule has 3 atom stereocenters. The summed E-state index contributed by atoms with van der Waals surface area (Å²) in [7, 11) is 0. The number of thioether (sulfide) groups is 1. The Bertz CT molecular complexity index is 514. The molecule has 0 aromatic heterocycles. The molecular formula is C16H20O3S.